The average molecular weight is 553 g/mol. The van der Waals surface area contributed by atoms with Crippen LogP contribution in [0.25, 0.3) is 0 Å². The molecule has 196 valence electrons. The van der Waals surface area contributed by atoms with Gasteiger partial charge in [0.05, 0.1) is 0 Å². The van der Waals surface area contributed by atoms with Crippen LogP contribution >= 0.6 is 34.5 Å². The van der Waals surface area contributed by atoms with Gasteiger partial charge in [-0.25, -0.2) is 14.8 Å². The van der Waals surface area contributed by atoms with Crippen LogP contribution in [0.5, 0.6) is 0 Å². The van der Waals surface area contributed by atoms with E-state index in [1.54, 1.807) is 23.5 Å². The number of anilines is 1. The normalized spacial score (nSPS) is 29.7. The summed E-state index contributed by atoms with van der Waals surface area (Å²) in [7, 11) is 0. The number of carbonyl (C=O) groups is 1. The fourth-order valence-electron chi connectivity index (χ4n) is 6.15. The second kappa shape index (κ2) is 10.7. The van der Waals surface area contributed by atoms with Crippen molar-refractivity contribution in [1.82, 2.24) is 25.1 Å². The molecule has 2 aromatic heterocycles. The van der Waals surface area contributed by atoms with Gasteiger partial charge in [0, 0.05) is 73.0 Å². The van der Waals surface area contributed by atoms with E-state index in [9.17, 15) is 4.79 Å². The molecule has 1 saturated heterocycles. The zero-order valence-electron chi connectivity index (χ0n) is 20.8. The highest BCUT2D eigenvalue weighted by Crippen LogP contribution is 2.66. The maximum absolute atomic E-state index is 13.6. The molecule has 2 saturated carbocycles. The number of rotatable bonds is 8. The van der Waals surface area contributed by atoms with Crippen molar-refractivity contribution in [3.63, 3.8) is 0 Å². The molecule has 2 amide bonds. The topological polar surface area (TPSA) is 99.4 Å². The Kier molecular flexibility index (Phi) is 7.77. The summed E-state index contributed by atoms with van der Waals surface area (Å²) in [6, 6.07) is 4.34. The lowest BCUT2D eigenvalue weighted by molar-refractivity contribution is 0.132. The Balaban J connectivity index is 1.30. The van der Waals surface area contributed by atoms with Crippen LogP contribution < -0.4 is 16.4 Å². The van der Waals surface area contributed by atoms with Crippen LogP contribution in [0.2, 0.25) is 10.3 Å². The molecule has 0 spiro atoms. The fourth-order valence-corrected chi connectivity index (χ4v) is 7.70. The maximum Gasteiger partial charge on any atom is 0.322 e. The van der Waals surface area contributed by atoms with Crippen LogP contribution in [0, 0.1) is 5.92 Å². The smallest absolute Gasteiger partial charge is 0.322 e. The minimum Gasteiger partial charge on any atom is -0.325 e. The number of pyridine rings is 1. The summed E-state index contributed by atoms with van der Waals surface area (Å²) in [5.41, 5.74) is 6.54. The first-order chi connectivity index (χ1) is 17.3. The van der Waals surface area contributed by atoms with Gasteiger partial charge in [-0.2, -0.15) is 0 Å². The number of aromatic nitrogens is 2. The molecule has 5 atom stereocenters. The highest BCUT2D eigenvalue weighted by molar-refractivity contribution is 7.11. The number of nitrogens with one attached hydrogen (secondary N) is 2. The zero-order valence-corrected chi connectivity index (χ0v) is 23.2. The Morgan fingerprint density at radius 3 is 2.83 bits per heavy atom. The molecule has 11 heteroatoms. The number of nitrogens with two attached hydrogens (primary N) is 1. The summed E-state index contributed by atoms with van der Waals surface area (Å²) < 4.78 is 0. The Labute approximate surface area is 226 Å². The van der Waals surface area contributed by atoms with Crippen molar-refractivity contribution >= 4 is 46.3 Å². The van der Waals surface area contributed by atoms with E-state index in [0.717, 1.165) is 50.3 Å². The van der Waals surface area contributed by atoms with Crippen molar-refractivity contribution < 1.29 is 4.79 Å². The fraction of sp³-hybridized carbons (Fsp3) is 0.640. The molecular weight excluding hydrogens is 517 g/mol. The van der Waals surface area contributed by atoms with E-state index in [4.69, 9.17) is 28.9 Å². The van der Waals surface area contributed by atoms with E-state index in [1.807, 2.05) is 6.20 Å². The molecule has 0 radical (unpaired) electrons. The minimum absolute atomic E-state index is 0.102. The Morgan fingerprint density at radius 2 is 2.14 bits per heavy atom. The third-order valence-electron chi connectivity index (χ3n) is 8.12. The standard InChI is InChI=1S/C25H35Cl2N7OS/c1-15-14-33(16(2)12-29-15)6-3-7-34(24(35)31-17-8-21(26)32-22(27)9-17)19-4-5-25(10-18(19)25)20-13-30-23(11-28)36-20/h8-9,13,15-16,18-19,29H,3-7,10-12,14,28H2,1-2H3,(H,31,32,35)/t15-,16+,18+,19-,25-/m0/s1. The molecule has 3 fully saturated rings. The van der Waals surface area contributed by atoms with Crippen molar-refractivity contribution in [2.24, 2.45) is 11.7 Å². The van der Waals surface area contributed by atoms with Gasteiger partial charge >= 0.3 is 6.03 Å². The molecule has 3 aliphatic rings. The summed E-state index contributed by atoms with van der Waals surface area (Å²) >= 11 is 13.9. The zero-order chi connectivity index (χ0) is 25.4. The highest BCUT2D eigenvalue weighted by atomic mass is 35.5. The monoisotopic (exact) mass is 551 g/mol. The number of urea groups is 1. The molecule has 0 unspecified atom stereocenters. The number of thiazole rings is 1. The molecule has 0 aromatic carbocycles. The minimum atomic E-state index is -0.102. The van der Waals surface area contributed by atoms with Gasteiger partial charge in [0.15, 0.2) is 0 Å². The predicted octanol–water partition coefficient (Wildman–Crippen LogP) is 4.33. The number of nitrogens with zero attached hydrogens (tertiary/aromatic N) is 4. The molecule has 2 aliphatic carbocycles. The van der Waals surface area contributed by atoms with Gasteiger partial charge in [-0.3, -0.25) is 4.90 Å². The van der Waals surface area contributed by atoms with Crippen molar-refractivity contribution in [1.29, 1.82) is 0 Å². The van der Waals surface area contributed by atoms with E-state index in [-0.39, 0.29) is 27.8 Å². The maximum atomic E-state index is 13.6. The van der Waals surface area contributed by atoms with Gasteiger partial charge in [-0.15, -0.1) is 11.3 Å². The first kappa shape index (κ1) is 26.1. The number of fused-ring (bicyclic) bond motifs is 1. The van der Waals surface area contributed by atoms with Gasteiger partial charge in [-0.1, -0.05) is 23.2 Å². The molecule has 1 aliphatic heterocycles. The molecular formula is C25H35Cl2N7OS. The summed E-state index contributed by atoms with van der Waals surface area (Å²) in [4.78, 5) is 28.0. The van der Waals surface area contributed by atoms with Crippen LogP contribution in [0.4, 0.5) is 10.5 Å². The third kappa shape index (κ3) is 5.37. The average Bonchev–Trinajstić information content (AvgIpc) is 3.18. The van der Waals surface area contributed by atoms with Gasteiger partial charge in [0.25, 0.3) is 0 Å². The van der Waals surface area contributed by atoms with Crippen LogP contribution in [-0.4, -0.2) is 70.1 Å². The number of piperazine rings is 1. The quantitative estimate of drug-likeness (QED) is 0.422. The molecule has 36 heavy (non-hydrogen) atoms. The number of carbonyl (C=O) groups excluding carboxylic acids is 1. The van der Waals surface area contributed by atoms with Crippen LogP contribution in [-0.2, 0) is 12.0 Å². The van der Waals surface area contributed by atoms with Crippen LogP contribution in [0.15, 0.2) is 18.3 Å². The van der Waals surface area contributed by atoms with Crippen LogP contribution in [0.1, 0.15) is 49.4 Å². The lowest BCUT2D eigenvalue weighted by atomic mass is 10.0. The Hall–Kier alpha value is -1.49. The first-order valence-corrected chi connectivity index (χ1v) is 14.4. The van der Waals surface area contributed by atoms with Gasteiger partial charge in [-0.05, 0) is 57.6 Å². The first-order valence-electron chi connectivity index (χ1n) is 12.8. The van der Waals surface area contributed by atoms with E-state index in [2.05, 4.69) is 44.2 Å². The lowest BCUT2D eigenvalue weighted by Crippen LogP contribution is -2.54. The van der Waals surface area contributed by atoms with Crippen LogP contribution in [0.3, 0.4) is 0 Å². The molecule has 0 bridgehead atoms. The SMILES string of the molecule is C[C@@H]1CN[C@@H](C)CN1CCCN(C(=O)Nc1cc(Cl)nc(Cl)c1)[C@H]1CC[C@]2(c3cnc(CN)s3)C[C@H]12. The second-order valence-electron chi connectivity index (χ2n) is 10.5. The molecule has 5 rings (SSSR count). The summed E-state index contributed by atoms with van der Waals surface area (Å²) in [5, 5.41) is 8.08. The molecule has 8 nitrogen and oxygen atoms in total. The third-order valence-corrected chi connectivity index (χ3v) is 9.74. The highest BCUT2D eigenvalue weighted by Gasteiger charge is 2.64. The number of halogens is 2. The van der Waals surface area contributed by atoms with E-state index >= 15 is 0 Å². The van der Waals surface area contributed by atoms with Crippen molar-refractivity contribution in [3.8, 4) is 0 Å². The van der Waals surface area contributed by atoms with E-state index in [1.165, 1.54) is 4.88 Å². The van der Waals surface area contributed by atoms with E-state index < -0.39 is 0 Å². The summed E-state index contributed by atoms with van der Waals surface area (Å²) in [6.07, 6.45) is 6.11. The van der Waals surface area contributed by atoms with E-state index in [0.29, 0.717) is 36.8 Å². The lowest BCUT2D eigenvalue weighted by Gasteiger charge is -2.38. The van der Waals surface area contributed by atoms with Gasteiger partial charge in [0.2, 0.25) is 0 Å². The van der Waals surface area contributed by atoms with Crippen molar-refractivity contribution in [2.45, 2.75) is 69.6 Å². The van der Waals surface area contributed by atoms with Gasteiger partial charge in [0.1, 0.15) is 15.3 Å². The Bertz CT molecular complexity index is 1080. The largest absolute Gasteiger partial charge is 0.325 e. The second-order valence-corrected chi connectivity index (χ2v) is 12.4. The Morgan fingerprint density at radius 1 is 1.36 bits per heavy atom. The van der Waals surface area contributed by atoms with Crippen molar-refractivity contribution in [2.75, 3.05) is 31.5 Å². The number of hydrogen-bond donors (Lipinski definition) is 3. The molecule has 2 aromatic rings. The number of amides is 2. The summed E-state index contributed by atoms with van der Waals surface area (Å²) in [6.45, 7) is 8.68. The summed E-state index contributed by atoms with van der Waals surface area (Å²) in [5.74, 6) is 0.456. The molecule has 4 N–H and O–H groups in total. The number of hydrogen-bond acceptors (Lipinski definition) is 7. The van der Waals surface area contributed by atoms with Crippen molar-refractivity contribution in [3.05, 3.63) is 38.5 Å². The molecule has 3 heterocycles. The van der Waals surface area contributed by atoms with Gasteiger partial charge < -0.3 is 21.3 Å². The predicted molar refractivity (Wildman–Crippen MR) is 146 cm³/mol.